The lowest BCUT2D eigenvalue weighted by atomic mass is 10.0. The molecular formula is C14H25NO2. The van der Waals surface area contributed by atoms with E-state index in [1.165, 1.54) is 25.7 Å². The van der Waals surface area contributed by atoms with Crippen molar-refractivity contribution in [2.24, 2.45) is 11.8 Å². The second kappa shape index (κ2) is 6.50. The van der Waals surface area contributed by atoms with Gasteiger partial charge >= 0.3 is 0 Å². The van der Waals surface area contributed by atoms with Gasteiger partial charge < -0.3 is 4.74 Å². The summed E-state index contributed by atoms with van der Waals surface area (Å²) in [4.78, 5) is 14.0. The van der Waals surface area contributed by atoms with Crippen molar-refractivity contribution < 1.29 is 9.53 Å². The molecule has 0 aliphatic heterocycles. The Morgan fingerprint density at radius 1 is 1.24 bits per heavy atom. The van der Waals surface area contributed by atoms with E-state index in [9.17, 15) is 4.79 Å². The largest absolute Gasteiger partial charge is 0.380 e. The predicted molar refractivity (Wildman–Crippen MR) is 68.0 cm³/mol. The molecule has 0 atom stereocenters. The minimum atomic E-state index is 0.352. The highest BCUT2D eigenvalue weighted by Crippen LogP contribution is 2.28. The van der Waals surface area contributed by atoms with Crippen molar-refractivity contribution in [2.75, 3.05) is 33.4 Å². The van der Waals surface area contributed by atoms with Gasteiger partial charge in [-0.05, 0) is 38.6 Å². The molecule has 98 valence electrons. The highest BCUT2D eigenvalue weighted by atomic mass is 16.5. The molecular weight excluding hydrogens is 214 g/mol. The Labute approximate surface area is 105 Å². The fourth-order valence-corrected chi connectivity index (χ4v) is 2.48. The quantitative estimate of drug-likeness (QED) is 0.608. The van der Waals surface area contributed by atoms with Gasteiger partial charge in [0.15, 0.2) is 0 Å². The molecule has 0 spiro atoms. The highest BCUT2D eigenvalue weighted by Gasteiger charge is 2.23. The Balaban J connectivity index is 1.52. The summed E-state index contributed by atoms with van der Waals surface area (Å²) in [7, 11) is 2.02. The molecule has 17 heavy (non-hydrogen) atoms. The molecule has 0 aromatic heterocycles. The van der Waals surface area contributed by atoms with Crippen molar-refractivity contribution in [1.29, 1.82) is 0 Å². The number of hydrogen-bond donors (Lipinski definition) is 0. The SMILES string of the molecule is CN(CCOCC1CC1)CC(=O)C1CCCC1. The van der Waals surface area contributed by atoms with E-state index < -0.39 is 0 Å². The lowest BCUT2D eigenvalue weighted by molar-refractivity contribution is -0.123. The van der Waals surface area contributed by atoms with Gasteiger partial charge in [0, 0.05) is 19.1 Å². The van der Waals surface area contributed by atoms with E-state index in [4.69, 9.17) is 4.74 Å². The Hall–Kier alpha value is -0.410. The van der Waals surface area contributed by atoms with Gasteiger partial charge in [-0.15, -0.1) is 0 Å². The molecule has 2 rings (SSSR count). The monoisotopic (exact) mass is 239 g/mol. The van der Waals surface area contributed by atoms with E-state index in [2.05, 4.69) is 4.90 Å². The van der Waals surface area contributed by atoms with Gasteiger partial charge in [0.1, 0.15) is 5.78 Å². The number of carbonyl (C=O) groups excluding carboxylic acids is 1. The zero-order valence-corrected chi connectivity index (χ0v) is 11.0. The molecule has 2 fully saturated rings. The standard InChI is InChI=1S/C14H25NO2/c1-15(8-9-17-11-12-6-7-12)10-14(16)13-4-2-3-5-13/h12-13H,2-11H2,1H3. The number of likely N-dealkylation sites (N-methyl/N-ethyl adjacent to an activating group) is 1. The maximum atomic E-state index is 11.9. The van der Waals surface area contributed by atoms with E-state index >= 15 is 0 Å². The lowest BCUT2D eigenvalue weighted by Gasteiger charge is -2.17. The molecule has 0 unspecified atom stereocenters. The summed E-state index contributed by atoms with van der Waals surface area (Å²) < 4.78 is 5.58. The van der Waals surface area contributed by atoms with Crippen LogP contribution in [0, 0.1) is 11.8 Å². The molecule has 0 aromatic carbocycles. The molecule has 0 N–H and O–H groups in total. The Morgan fingerprint density at radius 2 is 1.94 bits per heavy atom. The Morgan fingerprint density at radius 3 is 2.59 bits per heavy atom. The summed E-state index contributed by atoms with van der Waals surface area (Å²) in [5.74, 6) is 1.62. The van der Waals surface area contributed by atoms with Crippen LogP contribution in [0.3, 0.4) is 0 Å². The minimum absolute atomic E-state index is 0.352. The van der Waals surface area contributed by atoms with Crippen LogP contribution in [0.5, 0.6) is 0 Å². The van der Waals surface area contributed by atoms with Crippen LogP contribution in [-0.4, -0.2) is 44.0 Å². The van der Waals surface area contributed by atoms with Crippen LogP contribution in [0.1, 0.15) is 38.5 Å². The van der Waals surface area contributed by atoms with Crippen LogP contribution in [-0.2, 0) is 9.53 Å². The topological polar surface area (TPSA) is 29.5 Å². The zero-order chi connectivity index (χ0) is 12.1. The Kier molecular flexibility index (Phi) is 4.99. The molecule has 0 aromatic rings. The van der Waals surface area contributed by atoms with Crippen molar-refractivity contribution in [2.45, 2.75) is 38.5 Å². The summed E-state index contributed by atoms with van der Waals surface area (Å²) in [5.41, 5.74) is 0. The third-order valence-electron chi connectivity index (χ3n) is 3.90. The second-order valence-corrected chi connectivity index (χ2v) is 5.70. The molecule has 3 heteroatoms. The van der Waals surface area contributed by atoms with Gasteiger partial charge in [-0.2, -0.15) is 0 Å². The molecule has 0 amide bonds. The van der Waals surface area contributed by atoms with Crippen LogP contribution in [0.2, 0.25) is 0 Å². The van der Waals surface area contributed by atoms with Crippen molar-refractivity contribution in [3.05, 3.63) is 0 Å². The van der Waals surface area contributed by atoms with E-state index in [0.717, 1.165) is 38.5 Å². The molecule has 0 bridgehead atoms. The minimum Gasteiger partial charge on any atom is -0.380 e. The smallest absolute Gasteiger partial charge is 0.149 e. The van der Waals surface area contributed by atoms with Gasteiger partial charge in [-0.3, -0.25) is 9.69 Å². The van der Waals surface area contributed by atoms with Gasteiger partial charge in [-0.25, -0.2) is 0 Å². The lowest BCUT2D eigenvalue weighted by Crippen LogP contribution is -2.32. The average Bonchev–Trinajstić information content (AvgIpc) is 2.95. The molecule has 3 nitrogen and oxygen atoms in total. The fourth-order valence-electron chi connectivity index (χ4n) is 2.48. The van der Waals surface area contributed by atoms with Gasteiger partial charge in [0.2, 0.25) is 0 Å². The number of ether oxygens (including phenoxy) is 1. The fraction of sp³-hybridized carbons (Fsp3) is 0.929. The molecule has 2 aliphatic rings. The van der Waals surface area contributed by atoms with E-state index in [1.54, 1.807) is 0 Å². The molecule has 0 heterocycles. The first-order valence-corrected chi connectivity index (χ1v) is 7.04. The molecule has 0 radical (unpaired) electrons. The summed E-state index contributed by atoms with van der Waals surface area (Å²) in [6, 6.07) is 0. The van der Waals surface area contributed by atoms with Gasteiger partial charge in [0.05, 0.1) is 13.2 Å². The maximum Gasteiger partial charge on any atom is 0.149 e. The van der Waals surface area contributed by atoms with Crippen LogP contribution in [0.4, 0.5) is 0 Å². The number of nitrogens with zero attached hydrogens (tertiary/aromatic N) is 1. The van der Waals surface area contributed by atoms with Crippen LogP contribution >= 0.6 is 0 Å². The third kappa shape index (κ3) is 4.76. The van der Waals surface area contributed by atoms with Crippen molar-refractivity contribution in [3.63, 3.8) is 0 Å². The molecule has 0 saturated heterocycles. The normalized spacial score (nSPS) is 21.3. The maximum absolute atomic E-state index is 11.9. The van der Waals surface area contributed by atoms with E-state index in [-0.39, 0.29) is 0 Å². The summed E-state index contributed by atoms with van der Waals surface area (Å²) in [5, 5.41) is 0. The highest BCUT2D eigenvalue weighted by molar-refractivity contribution is 5.83. The number of Topliss-reactive ketones (excluding diaryl/α,β-unsaturated/α-hetero) is 1. The first-order chi connectivity index (χ1) is 8.25. The second-order valence-electron chi connectivity index (χ2n) is 5.70. The van der Waals surface area contributed by atoms with Crippen LogP contribution < -0.4 is 0 Å². The predicted octanol–water partition coefficient (Wildman–Crippen LogP) is 2.10. The Bertz CT molecular complexity index is 245. The summed E-state index contributed by atoms with van der Waals surface area (Å²) >= 11 is 0. The van der Waals surface area contributed by atoms with Gasteiger partial charge in [0.25, 0.3) is 0 Å². The number of hydrogen-bond acceptors (Lipinski definition) is 3. The third-order valence-corrected chi connectivity index (χ3v) is 3.90. The van der Waals surface area contributed by atoms with Crippen molar-refractivity contribution >= 4 is 5.78 Å². The van der Waals surface area contributed by atoms with E-state index in [0.29, 0.717) is 18.2 Å². The number of ketones is 1. The van der Waals surface area contributed by atoms with Crippen LogP contribution in [0.25, 0.3) is 0 Å². The zero-order valence-electron chi connectivity index (χ0n) is 11.0. The number of rotatable bonds is 8. The molecule has 2 saturated carbocycles. The average molecular weight is 239 g/mol. The first kappa shape index (κ1) is 13.0. The number of carbonyl (C=O) groups is 1. The molecule has 2 aliphatic carbocycles. The van der Waals surface area contributed by atoms with Crippen LogP contribution in [0.15, 0.2) is 0 Å². The summed E-state index contributed by atoms with van der Waals surface area (Å²) in [6.45, 7) is 3.18. The van der Waals surface area contributed by atoms with Crippen molar-refractivity contribution in [3.8, 4) is 0 Å². The van der Waals surface area contributed by atoms with E-state index in [1.807, 2.05) is 7.05 Å². The van der Waals surface area contributed by atoms with Crippen molar-refractivity contribution in [1.82, 2.24) is 4.90 Å². The van der Waals surface area contributed by atoms with Gasteiger partial charge in [-0.1, -0.05) is 12.8 Å². The summed E-state index contributed by atoms with van der Waals surface area (Å²) in [6.07, 6.45) is 7.40. The first-order valence-electron chi connectivity index (χ1n) is 7.04.